The first-order valence-corrected chi connectivity index (χ1v) is 7.21. The third kappa shape index (κ3) is 8.12. The summed E-state index contributed by atoms with van der Waals surface area (Å²) in [7, 11) is 0. The summed E-state index contributed by atoms with van der Waals surface area (Å²) in [5.74, 6) is -2.59. The third-order valence-electron chi connectivity index (χ3n) is 2.82. The average Bonchev–Trinajstić information content (AvgIpc) is 2.42. The molecule has 118 valence electrons. The SMILES string of the molecule is CCCCCOC(=O)C(CO)C(O)OC(=O)CCCC. The summed E-state index contributed by atoms with van der Waals surface area (Å²) in [6.45, 7) is 3.56. The van der Waals surface area contributed by atoms with Gasteiger partial charge in [0.25, 0.3) is 0 Å². The van der Waals surface area contributed by atoms with Gasteiger partial charge in [0.2, 0.25) is 6.29 Å². The van der Waals surface area contributed by atoms with E-state index in [0.717, 1.165) is 25.7 Å². The highest BCUT2D eigenvalue weighted by molar-refractivity contribution is 5.74. The maximum Gasteiger partial charge on any atom is 0.317 e. The van der Waals surface area contributed by atoms with E-state index in [-0.39, 0.29) is 13.0 Å². The summed E-state index contributed by atoms with van der Waals surface area (Å²) in [6, 6.07) is 0. The molecule has 0 aromatic heterocycles. The molecule has 2 unspecified atom stereocenters. The Morgan fingerprint density at radius 3 is 2.30 bits per heavy atom. The number of carbonyl (C=O) groups is 2. The van der Waals surface area contributed by atoms with Crippen molar-refractivity contribution in [1.82, 2.24) is 0 Å². The molecule has 0 saturated heterocycles. The Morgan fingerprint density at radius 2 is 1.75 bits per heavy atom. The Labute approximate surface area is 120 Å². The minimum absolute atomic E-state index is 0.178. The van der Waals surface area contributed by atoms with Crippen molar-refractivity contribution < 1.29 is 29.3 Å². The van der Waals surface area contributed by atoms with Gasteiger partial charge in [0.05, 0.1) is 13.2 Å². The van der Waals surface area contributed by atoms with Gasteiger partial charge < -0.3 is 19.7 Å². The second-order valence-electron chi connectivity index (χ2n) is 4.65. The van der Waals surface area contributed by atoms with Crippen LogP contribution in [0, 0.1) is 5.92 Å². The van der Waals surface area contributed by atoms with Gasteiger partial charge in [-0.25, -0.2) is 0 Å². The summed E-state index contributed by atoms with van der Waals surface area (Å²) in [5.41, 5.74) is 0. The van der Waals surface area contributed by atoms with Gasteiger partial charge in [-0.15, -0.1) is 0 Å². The minimum atomic E-state index is -1.66. The van der Waals surface area contributed by atoms with Gasteiger partial charge in [0.15, 0.2) is 0 Å². The van der Waals surface area contributed by atoms with Crippen molar-refractivity contribution in [2.45, 2.75) is 58.7 Å². The fourth-order valence-corrected chi connectivity index (χ4v) is 1.51. The van der Waals surface area contributed by atoms with Crippen LogP contribution in [-0.2, 0) is 19.1 Å². The predicted octanol–water partition coefficient (Wildman–Crippen LogP) is 1.38. The van der Waals surface area contributed by atoms with E-state index >= 15 is 0 Å². The molecule has 6 heteroatoms. The number of unbranched alkanes of at least 4 members (excludes halogenated alkanes) is 3. The average molecular weight is 290 g/mol. The number of hydrogen-bond acceptors (Lipinski definition) is 6. The molecule has 0 fully saturated rings. The maximum atomic E-state index is 11.6. The van der Waals surface area contributed by atoms with Crippen LogP contribution in [0.4, 0.5) is 0 Å². The van der Waals surface area contributed by atoms with Gasteiger partial charge in [-0.2, -0.15) is 0 Å². The molecular formula is C14H26O6. The van der Waals surface area contributed by atoms with Crippen molar-refractivity contribution in [1.29, 1.82) is 0 Å². The van der Waals surface area contributed by atoms with Crippen LogP contribution < -0.4 is 0 Å². The lowest BCUT2D eigenvalue weighted by atomic mass is 10.1. The molecule has 0 radical (unpaired) electrons. The Bertz CT molecular complexity index is 279. The van der Waals surface area contributed by atoms with Crippen molar-refractivity contribution in [2.24, 2.45) is 5.92 Å². The fourth-order valence-electron chi connectivity index (χ4n) is 1.51. The van der Waals surface area contributed by atoms with E-state index in [2.05, 4.69) is 0 Å². The van der Waals surface area contributed by atoms with Crippen LogP contribution in [0.2, 0.25) is 0 Å². The number of carbonyl (C=O) groups excluding carboxylic acids is 2. The molecule has 2 atom stereocenters. The molecular weight excluding hydrogens is 264 g/mol. The highest BCUT2D eigenvalue weighted by Gasteiger charge is 2.30. The molecule has 0 amide bonds. The highest BCUT2D eigenvalue weighted by atomic mass is 16.6. The number of ether oxygens (including phenoxy) is 2. The van der Waals surface area contributed by atoms with Crippen molar-refractivity contribution in [3.63, 3.8) is 0 Å². The van der Waals surface area contributed by atoms with E-state index in [0.29, 0.717) is 6.42 Å². The monoisotopic (exact) mass is 290 g/mol. The quantitative estimate of drug-likeness (QED) is 0.339. The second kappa shape index (κ2) is 11.7. The molecule has 0 heterocycles. The van der Waals surface area contributed by atoms with E-state index in [1.807, 2.05) is 13.8 Å². The Kier molecular flexibility index (Phi) is 11.0. The number of aliphatic hydroxyl groups excluding tert-OH is 2. The summed E-state index contributed by atoms with van der Waals surface area (Å²) < 4.78 is 9.64. The molecule has 0 aromatic rings. The summed E-state index contributed by atoms with van der Waals surface area (Å²) >= 11 is 0. The third-order valence-corrected chi connectivity index (χ3v) is 2.82. The zero-order chi connectivity index (χ0) is 15.4. The lowest BCUT2D eigenvalue weighted by molar-refractivity contribution is -0.189. The van der Waals surface area contributed by atoms with Gasteiger partial charge in [-0.05, 0) is 12.8 Å². The smallest absolute Gasteiger partial charge is 0.317 e. The zero-order valence-corrected chi connectivity index (χ0v) is 12.3. The van der Waals surface area contributed by atoms with Crippen LogP contribution in [0.25, 0.3) is 0 Å². The fraction of sp³-hybridized carbons (Fsp3) is 0.857. The normalized spacial score (nSPS) is 13.6. The van der Waals surface area contributed by atoms with Gasteiger partial charge in [0.1, 0.15) is 5.92 Å². The van der Waals surface area contributed by atoms with Crippen LogP contribution in [0.3, 0.4) is 0 Å². The number of esters is 2. The number of rotatable bonds is 11. The minimum Gasteiger partial charge on any atom is -0.465 e. The summed E-state index contributed by atoms with van der Waals surface area (Å²) in [5, 5.41) is 18.8. The first kappa shape index (κ1) is 18.9. The van der Waals surface area contributed by atoms with Crippen molar-refractivity contribution in [3.05, 3.63) is 0 Å². The first-order valence-electron chi connectivity index (χ1n) is 7.21. The number of aliphatic hydroxyl groups is 2. The largest absolute Gasteiger partial charge is 0.465 e. The topological polar surface area (TPSA) is 93.1 Å². The van der Waals surface area contributed by atoms with Crippen LogP contribution in [-0.4, -0.2) is 41.7 Å². The van der Waals surface area contributed by atoms with E-state index in [4.69, 9.17) is 14.6 Å². The van der Waals surface area contributed by atoms with Crippen LogP contribution in [0.5, 0.6) is 0 Å². The lowest BCUT2D eigenvalue weighted by Crippen LogP contribution is -2.36. The molecule has 0 aliphatic rings. The van der Waals surface area contributed by atoms with Gasteiger partial charge in [0, 0.05) is 6.42 Å². The van der Waals surface area contributed by atoms with E-state index < -0.39 is 30.8 Å². The highest BCUT2D eigenvalue weighted by Crippen LogP contribution is 2.10. The predicted molar refractivity (Wildman–Crippen MR) is 72.7 cm³/mol. The molecule has 0 spiro atoms. The van der Waals surface area contributed by atoms with Crippen LogP contribution >= 0.6 is 0 Å². The molecule has 2 N–H and O–H groups in total. The molecule has 0 aliphatic carbocycles. The molecule has 0 saturated carbocycles. The van der Waals surface area contributed by atoms with Gasteiger partial charge in [-0.1, -0.05) is 33.1 Å². The lowest BCUT2D eigenvalue weighted by Gasteiger charge is -2.19. The summed E-state index contributed by atoms with van der Waals surface area (Å²) in [6.07, 6.45) is 2.65. The molecule has 6 nitrogen and oxygen atoms in total. The van der Waals surface area contributed by atoms with Crippen molar-refractivity contribution in [3.8, 4) is 0 Å². The molecule has 0 aromatic carbocycles. The van der Waals surface area contributed by atoms with E-state index in [1.165, 1.54) is 0 Å². The van der Waals surface area contributed by atoms with Crippen molar-refractivity contribution in [2.75, 3.05) is 13.2 Å². The maximum absolute atomic E-state index is 11.6. The molecule has 0 bridgehead atoms. The zero-order valence-electron chi connectivity index (χ0n) is 12.3. The summed E-state index contributed by atoms with van der Waals surface area (Å²) in [4.78, 5) is 23.0. The van der Waals surface area contributed by atoms with Crippen molar-refractivity contribution >= 4 is 11.9 Å². The molecule has 0 rings (SSSR count). The Hall–Kier alpha value is -1.14. The molecule has 20 heavy (non-hydrogen) atoms. The van der Waals surface area contributed by atoms with E-state index in [1.54, 1.807) is 0 Å². The Morgan fingerprint density at radius 1 is 1.10 bits per heavy atom. The second-order valence-corrected chi connectivity index (χ2v) is 4.65. The van der Waals surface area contributed by atoms with Gasteiger partial charge in [-0.3, -0.25) is 9.59 Å². The van der Waals surface area contributed by atoms with Gasteiger partial charge >= 0.3 is 11.9 Å². The molecule has 0 aliphatic heterocycles. The van der Waals surface area contributed by atoms with Crippen LogP contribution in [0.1, 0.15) is 52.4 Å². The standard InChI is InChI=1S/C14H26O6/c1-3-5-7-9-19-13(17)11(10-15)14(18)20-12(16)8-6-4-2/h11,14-15,18H,3-10H2,1-2H3. The first-order chi connectivity index (χ1) is 9.56. The van der Waals surface area contributed by atoms with Crippen LogP contribution in [0.15, 0.2) is 0 Å². The number of hydrogen-bond donors (Lipinski definition) is 2. The Balaban J connectivity index is 4.14. The van der Waals surface area contributed by atoms with E-state index in [9.17, 15) is 14.7 Å².